The molecular formula is C19H20N2O5. The largest absolute Gasteiger partial charge is 0.298 e. The van der Waals surface area contributed by atoms with Crippen molar-refractivity contribution in [1.29, 1.82) is 0 Å². The minimum atomic E-state index is -0.566. The average Bonchev–Trinajstić information content (AvgIpc) is 2.59. The Labute approximate surface area is 151 Å². The van der Waals surface area contributed by atoms with Gasteiger partial charge in [0, 0.05) is 35.1 Å². The Morgan fingerprint density at radius 1 is 0.808 bits per heavy atom. The van der Waals surface area contributed by atoms with Gasteiger partial charge in [0.05, 0.1) is 9.85 Å². The number of nitro benzene ring substituents is 2. The highest BCUT2D eigenvalue weighted by Gasteiger charge is 2.28. The van der Waals surface area contributed by atoms with Gasteiger partial charge in [0.1, 0.15) is 5.78 Å². The van der Waals surface area contributed by atoms with Gasteiger partial charge in [0.2, 0.25) is 0 Å². The number of carbonyl (C=O) groups is 1. The summed E-state index contributed by atoms with van der Waals surface area (Å²) in [4.78, 5) is 34.3. The van der Waals surface area contributed by atoms with Crippen molar-refractivity contribution in [2.45, 2.75) is 39.5 Å². The highest BCUT2D eigenvalue weighted by atomic mass is 16.6. The number of benzene rings is 2. The SMILES string of the molecule is Cc1c(C(C)C(=O)C(C)c2cccc([N+](=O)[O-])c2C)cccc1[N+](=O)[O-]. The van der Waals surface area contributed by atoms with Crippen LogP contribution < -0.4 is 0 Å². The lowest BCUT2D eigenvalue weighted by Crippen LogP contribution is -2.18. The van der Waals surface area contributed by atoms with Gasteiger partial charge in [-0.15, -0.1) is 0 Å². The molecule has 0 amide bonds. The molecule has 0 aliphatic rings. The quantitative estimate of drug-likeness (QED) is 0.556. The smallest absolute Gasteiger partial charge is 0.272 e. The molecule has 7 heteroatoms. The highest BCUT2D eigenvalue weighted by Crippen LogP contribution is 2.34. The fraction of sp³-hybridized carbons (Fsp3) is 0.316. The topological polar surface area (TPSA) is 103 Å². The van der Waals surface area contributed by atoms with E-state index < -0.39 is 21.7 Å². The Bertz CT molecular complexity index is 820. The molecule has 26 heavy (non-hydrogen) atoms. The zero-order valence-corrected chi connectivity index (χ0v) is 15.1. The first-order chi connectivity index (χ1) is 12.2. The first kappa shape index (κ1) is 19.2. The summed E-state index contributed by atoms with van der Waals surface area (Å²) in [6, 6.07) is 9.35. The second kappa shape index (κ2) is 7.43. The predicted molar refractivity (Wildman–Crippen MR) is 97.5 cm³/mol. The van der Waals surface area contributed by atoms with E-state index in [1.807, 2.05) is 0 Å². The molecule has 0 aromatic heterocycles. The van der Waals surface area contributed by atoms with Crippen LogP contribution in [0.2, 0.25) is 0 Å². The molecule has 0 aliphatic heterocycles. The number of nitrogens with zero attached hydrogens (tertiary/aromatic N) is 2. The molecule has 7 nitrogen and oxygen atoms in total. The second-order valence-corrected chi connectivity index (χ2v) is 6.34. The van der Waals surface area contributed by atoms with Crippen LogP contribution in [0.15, 0.2) is 36.4 Å². The van der Waals surface area contributed by atoms with E-state index in [0.29, 0.717) is 22.3 Å². The van der Waals surface area contributed by atoms with E-state index in [1.54, 1.807) is 52.0 Å². The van der Waals surface area contributed by atoms with Gasteiger partial charge in [-0.05, 0) is 25.0 Å². The van der Waals surface area contributed by atoms with Gasteiger partial charge >= 0.3 is 0 Å². The van der Waals surface area contributed by atoms with E-state index in [1.165, 1.54) is 12.1 Å². The van der Waals surface area contributed by atoms with Crippen LogP contribution in [-0.4, -0.2) is 15.6 Å². The van der Waals surface area contributed by atoms with E-state index in [-0.39, 0.29) is 17.2 Å². The number of Topliss-reactive ketones (excluding diaryl/α,β-unsaturated/α-hetero) is 1. The molecule has 0 aliphatic carbocycles. The van der Waals surface area contributed by atoms with Crippen molar-refractivity contribution in [3.8, 4) is 0 Å². The summed E-state index contributed by atoms with van der Waals surface area (Å²) < 4.78 is 0. The molecule has 0 spiro atoms. The van der Waals surface area contributed by atoms with Crippen LogP contribution in [0.1, 0.15) is 47.9 Å². The third-order valence-corrected chi connectivity index (χ3v) is 4.87. The van der Waals surface area contributed by atoms with Crippen LogP contribution in [0.4, 0.5) is 11.4 Å². The Hall–Kier alpha value is -3.09. The number of hydrogen-bond donors (Lipinski definition) is 0. The van der Waals surface area contributed by atoms with Gasteiger partial charge in [0.15, 0.2) is 0 Å². The maximum absolute atomic E-state index is 13.0. The summed E-state index contributed by atoms with van der Waals surface area (Å²) in [6.45, 7) is 6.66. The Morgan fingerprint density at radius 2 is 1.15 bits per heavy atom. The highest BCUT2D eigenvalue weighted by molar-refractivity contribution is 5.92. The molecule has 0 fully saturated rings. The van der Waals surface area contributed by atoms with Gasteiger partial charge in [-0.1, -0.05) is 38.1 Å². The molecule has 0 bridgehead atoms. The molecule has 0 saturated heterocycles. The van der Waals surface area contributed by atoms with Crippen LogP contribution in [0.25, 0.3) is 0 Å². The van der Waals surface area contributed by atoms with Crippen molar-refractivity contribution in [3.63, 3.8) is 0 Å². The van der Waals surface area contributed by atoms with Crippen molar-refractivity contribution >= 4 is 17.2 Å². The van der Waals surface area contributed by atoms with Crippen molar-refractivity contribution in [3.05, 3.63) is 78.9 Å². The molecule has 0 N–H and O–H groups in total. The average molecular weight is 356 g/mol. The molecular weight excluding hydrogens is 336 g/mol. The number of carbonyl (C=O) groups excluding carboxylic acids is 1. The lowest BCUT2D eigenvalue weighted by molar-refractivity contribution is -0.385. The van der Waals surface area contributed by atoms with Gasteiger partial charge in [-0.2, -0.15) is 0 Å². The van der Waals surface area contributed by atoms with E-state index in [4.69, 9.17) is 0 Å². The Morgan fingerprint density at radius 3 is 1.46 bits per heavy atom. The zero-order chi connectivity index (χ0) is 19.6. The number of rotatable bonds is 6. The molecule has 2 unspecified atom stereocenters. The van der Waals surface area contributed by atoms with Crippen LogP contribution in [0, 0.1) is 34.1 Å². The second-order valence-electron chi connectivity index (χ2n) is 6.34. The van der Waals surface area contributed by atoms with E-state index in [0.717, 1.165) is 0 Å². The monoisotopic (exact) mass is 356 g/mol. The normalized spacial score (nSPS) is 13.1. The lowest BCUT2D eigenvalue weighted by Gasteiger charge is -2.20. The summed E-state index contributed by atoms with van der Waals surface area (Å²) >= 11 is 0. The van der Waals surface area contributed by atoms with Crippen LogP contribution in [0.5, 0.6) is 0 Å². The van der Waals surface area contributed by atoms with Crippen molar-refractivity contribution in [2.75, 3.05) is 0 Å². The first-order valence-electron chi connectivity index (χ1n) is 8.18. The van der Waals surface area contributed by atoms with Crippen LogP contribution in [0.3, 0.4) is 0 Å². The fourth-order valence-electron chi connectivity index (χ4n) is 3.30. The van der Waals surface area contributed by atoms with Crippen molar-refractivity contribution < 1.29 is 14.6 Å². The molecule has 2 aromatic rings. The van der Waals surface area contributed by atoms with Gasteiger partial charge in [-0.25, -0.2) is 0 Å². The van der Waals surface area contributed by atoms with Gasteiger partial charge in [-0.3, -0.25) is 25.0 Å². The zero-order valence-electron chi connectivity index (χ0n) is 15.1. The summed E-state index contributed by atoms with van der Waals surface area (Å²) in [5.74, 6) is -1.27. The third-order valence-electron chi connectivity index (χ3n) is 4.87. The van der Waals surface area contributed by atoms with Crippen LogP contribution >= 0.6 is 0 Å². The van der Waals surface area contributed by atoms with E-state index in [2.05, 4.69) is 0 Å². The Kier molecular flexibility index (Phi) is 5.50. The molecule has 0 radical (unpaired) electrons. The fourth-order valence-corrected chi connectivity index (χ4v) is 3.30. The van der Waals surface area contributed by atoms with Crippen LogP contribution in [-0.2, 0) is 4.79 Å². The predicted octanol–water partition coefficient (Wildman–Crippen LogP) is 4.60. The summed E-state index contributed by atoms with van der Waals surface area (Å²) in [7, 11) is 0. The lowest BCUT2D eigenvalue weighted by atomic mass is 9.82. The summed E-state index contributed by atoms with van der Waals surface area (Å²) in [6.07, 6.45) is 0. The van der Waals surface area contributed by atoms with Gasteiger partial charge in [0.25, 0.3) is 11.4 Å². The minimum absolute atomic E-state index is 0.0265. The van der Waals surface area contributed by atoms with Crippen molar-refractivity contribution in [1.82, 2.24) is 0 Å². The van der Waals surface area contributed by atoms with Gasteiger partial charge < -0.3 is 0 Å². The molecule has 0 heterocycles. The molecule has 136 valence electrons. The number of nitro groups is 2. The van der Waals surface area contributed by atoms with Crippen molar-refractivity contribution in [2.24, 2.45) is 0 Å². The molecule has 2 aromatic carbocycles. The maximum atomic E-state index is 13.0. The molecule has 2 atom stereocenters. The Balaban J connectivity index is 2.41. The maximum Gasteiger partial charge on any atom is 0.272 e. The molecule has 0 saturated carbocycles. The number of hydrogen-bond acceptors (Lipinski definition) is 5. The van der Waals surface area contributed by atoms with E-state index in [9.17, 15) is 25.0 Å². The third kappa shape index (κ3) is 3.46. The minimum Gasteiger partial charge on any atom is -0.298 e. The standard InChI is InChI=1S/C19H20N2O5/c1-11-15(7-5-9-17(11)20(23)24)13(3)19(22)14(4)16-8-6-10-18(12(16)2)21(25)26/h5-10,13-14H,1-4H3. The molecule has 2 rings (SSSR count). The summed E-state index contributed by atoms with van der Waals surface area (Å²) in [5.41, 5.74) is 2.06. The van der Waals surface area contributed by atoms with E-state index >= 15 is 0 Å². The number of ketones is 1. The first-order valence-corrected chi connectivity index (χ1v) is 8.18. The summed E-state index contributed by atoms with van der Waals surface area (Å²) in [5, 5.41) is 22.2.